The van der Waals surface area contributed by atoms with Crippen molar-refractivity contribution in [2.24, 2.45) is 5.92 Å². The second kappa shape index (κ2) is 5.29. The normalized spacial score (nSPS) is 13.2. The van der Waals surface area contributed by atoms with Gasteiger partial charge in [0, 0.05) is 12.2 Å². The molecule has 0 spiro atoms. The van der Waals surface area contributed by atoms with Crippen LogP contribution in [0.3, 0.4) is 0 Å². The lowest BCUT2D eigenvalue weighted by molar-refractivity contribution is -0.190. The highest BCUT2D eigenvalue weighted by atomic mass is 19.4. The van der Waals surface area contributed by atoms with Gasteiger partial charge in [-0.2, -0.15) is 13.2 Å². The number of rotatable bonds is 4. The maximum Gasteiger partial charge on any atom is 0.403 e. The van der Waals surface area contributed by atoms with E-state index in [1.165, 1.54) is 0 Å². The SMILES string of the molecule is Cc1ccc(C)c(NCC(C(=O)O)C(F)(F)F)c1. The fraction of sp³-hybridized carbons (Fsp3) is 0.417. The first kappa shape index (κ1) is 14.3. The zero-order valence-electron chi connectivity index (χ0n) is 10.0. The van der Waals surface area contributed by atoms with Gasteiger partial charge in [0.1, 0.15) is 0 Å². The van der Waals surface area contributed by atoms with E-state index in [9.17, 15) is 18.0 Å². The van der Waals surface area contributed by atoms with E-state index in [1.54, 1.807) is 19.1 Å². The van der Waals surface area contributed by atoms with E-state index in [4.69, 9.17) is 5.11 Å². The van der Waals surface area contributed by atoms with Gasteiger partial charge in [-0.05, 0) is 31.0 Å². The molecule has 0 amide bonds. The molecule has 1 rings (SSSR count). The molecule has 0 aliphatic heterocycles. The number of halogens is 3. The number of nitrogens with one attached hydrogen (secondary N) is 1. The Hall–Kier alpha value is -1.72. The van der Waals surface area contributed by atoms with E-state index < -0.39 is 24.6 Å². The number of anilines is 1. The van der Waals surface area contributed by atoms with Crippen LogP contribution in [0.5, 0.6) is 0 Å². The molecule has 0 bridgehead atoms. The van der Waals surface area contributed by atoms with Crippen LogP contribution in [0.2, 0.25) is 0 Å². The minimum Gasteiger partial charge on any atom is -0.481 e. The molecule has 6 heteroatoms. The van der Waals surface area contributed by atoms with Crippen molar-refractivity contribution in [2.45, 2.75) is 20.0 Å². The number of hydrogen-bond donors (Lipinski definition) is 2. The van der Waals surface area contributed by atoms with Crippen LogP contribution < -0.4 is 5.32 Å². The van der Waals surface area contributed by atoms with E-state index in [1.807, 2.05) is 13.0 Å². The molecule has 3 nitrogen and oxygen atoms in total. The Morgan fingerprint density at radius 1 is 1.39 bits per heavy atom. The summed E-state index contributed by atoms with van der Waals surface area (Å²) < 4.78 is 37.3. The third-order valence-corrected chi connectivity index (χ3v) is 2.58. The van der Waals surface area contributed by atoms with Gasteiger partial charge in [0.25, 0.3) is 0 Å². The van der Waals surface area contributed by atoms with E-state index in [-0.39, 0.29) is 0 Å². The smallest absolute Gasteiger partial charge is 0.403 e. The summed E-state index contributed by atoms with van der Waals surface area (Å²) in [6, 6.07) is 5.28. The fourth-order valence-electron chi connectivity index (χ4n) is 1.48. The summed E-state index contributed by atoms with van der Waals surface area (Å²) in [5.41, 5.74) is 2.18. The van der Waals surface area contributed by atoms with Crippen LogP contribution in [-0.2, 0) is 4.79 Å². The zero-order chi connectivity index (χ0) is 13.9. The van der Waals surface area contributed by atoms with E-state index in [0.717, 1.165) is 11.1 Å². The molecule has 1 aromatic carbocycles. The average Bonchev–Trinajstić information content (AvgIpc) is 2.20. The van der Waals surface area contributed by atoms with Gasteiger partial charge in [0.2, 0.25) is 0 Å². The highest BCUT2D eigenvalue weighted by Gasteiger charge is 2.44. The third kappa shape index (κ3) is 3.65. The number of aliphatic carboxylic acids is 1. The van der Waals surface area contributed by atoms with Crippen molar-refractivity contribution in [3.05, 3.63) is 29.3 Å². The molecule has 2 N–H and O–H groups in total. The molecule has 0 aliphatic rings. The molecule has 0 saturated carbocycles. The van der Waals surface area contributed by atoms with Gasteiger partial charge in [-0.15, -0.1) is 0 Å². The molecule has 1 atom stereocenters. The van der Waals surface area contributed by atoms with Crippen molar-refractivity contribution >= 4 is 11.7 Å². The molecular formula is C12H14F3NO2. The number of carboxylic acids is 1. The monoisotopic (exact) mass is 261 g/mol. The van der Waals surface area contributed by atoms with Crippen molar-refractivity contribution < 1.29 is 23.1 Å². The summed E-state index contributed by atoms with van der Waals surface area (Å²) in [6.45, 7) is 2.87. The maximum absolute atomic E-state index is 12.4. The van der Waals surface area contributed by atoms with Crippen LogP contribution in [0.1, 0.15) is 11.1 Å². The Balaban J connectivity index is 2.79. The molecule has 0 radical (unpaired) electrons. The molecule has 18 heavy (non-hydrogen) atoms. The Morgan fingerprint density at radius 3 is 2.50 bits per heavy atom. The lowest BCUT2D eigenvalue weighted by atomic mass is 10.1. The van der Waals surface area contributed by atoms with Gasteiger partial charge in [0.05, 0.1) is 0 Å². The number of carboxylic acid groups (broad SMARTS) is 1. The standard InChI is InChI=1S/C12H14F3NO2/c1-7-3-4-8(2)10(5-7)16-6-9(11(17)18)12(13,14)15/h3-5,9,16H,6H2,1-2H3,(H,17,18). The Kier molecular flexibility index (Phi) is 4.21. The van der Waals surface area contributed by atoms with Crippen molar-refractivity contribution in [3.63, 3.8) is 0 Å². The van der Waals surface area contributed by atoms with E-state index in [2.05, 4.69) is 5.32 Å². The average molecular weight is 261 g/mol. The van der Waals surface area contributed by atoms with Crippen LogP contribution >= 0.6 is 0 Å². The maximum atomic E-state index is 12.4. The third-order valence-electron chi connectivity index (χ3n) is 2.58. The largest absolute Gasteiger partial charge is 0.481 e. The molecule has 0 heterocycles. The first-order valence-electron chi connectivity index (χ1n) is 5.32. The minimum absolute atomic E-state index is 0.519. The van der Waals surface area contributed by atoms with E-state index >= 15 is 0 Å². The topological polar surface area (TPSA) is 49.3 Å². The number of hydrogen-bond acceptors (Lipinski definition) is 2. The zero-order valence-corrected chi connectivity index (χ0v) is 10.0. The highest BCUT2D eigenvalue weighted by molar-refractivity contribution is 5.72. The van der Waals surface area contributed by atoms with Crippen LogP contribution in [0.25, 0.3) is 0 Å². The number of aryl methyl sites for hydroxylation is 2. The van der Waals surface area contributed by atoms with Crippen LogP contribution in [-0.4, -0.2) is 23.8 Å². The molecule has 1 aromatic rings. The predicted molar refractivity (Wildman–Crippen MR) is 61.6 cm³/mol. The second-order valence-corrected chi connectivity index (χ2v) is 4.13. The van der Waals surface area contributed by atoms with Crippen LogP contribution in [0, 0.1) is 19.8 Å². The van der Waals surface area contributed by atoms with Crippen molar-refractivity contribution in [2.75, 3.05) is 11.9 Å². The van der Waals surface area contributed by atoms with Crippen molar-refractivity contribution in [1.82, 2.24) is 0 Å². The van der Waals surface area contributed by atoms with Crippen molar-refractivity contribution in [3.8, 4) is 0 Å². The molecule has 0 fully saturated rings. The van der Waals surface area contributed by atoms with Gasteiger partial charge in [-0.3, -0.25) is 4.79 Å². The molecular weight excluding hydrogens is 247 g/mol. The lowest BCUT2D eigenvalue weighted by Gasteiger charge is -2.18. The van der Waals surface area contributed by atoms with Crippen LogP contribution in [0.4, 0.5) is 18.9 Å². The van der Waals surface area contributed by atoms with Gasteiger partial charge in [-0.25, -0.2) is 0 Å². The fourth-order valence-corrected chi connectivity index (χ4v) is 1.48. The number of benzene rings is 1. The van der Waals surface area contributed by atoms with Crippen molar-refractivity contribution in [1.29, 1.82) is 0 Å². The van der Waals surface area contributed by atoms with Gasteiger partial charge in [-0.1, -0.05) is 12.1 Å². The minimum atomic E-state index is -4.75. The summed E-state index contributed by atoms with van der Waals surface area (Å²) in [5.74, 6) is -4.28. The summed E-state index contributed by atoms with van der Waals surface area (Å²) in [7, 11) is 0. The molecule has 100 valence electrons. The molecule has 0 aromatic heterocycles. The second-order valence-electron chi connectivity index (χ2n) is 4.13. The molecule has 0 aliphatic carbocycles. The van der Waals surface area contributed by atoms with Gasteiger partial charge >= 0.3 is 12.1 Å². The Labute approximate surface area is 103 Å². The summed E-state index contributed by atoms with van der Waals surface area (Å²) in [5, 5.41) is 11.1. The number of alkyl halides is 3. The molecule has 0 saturated heterocycles. The number of carbonyl (C=O) groups is 1. The summed E-state index contributed by atoms with van der Waals surface area (Å²) >= 11 is 0. The summed E-state index contributed by atoms with van der Waals surface area (Å²) in [4.78, 5) is 10.6. The summed E-state index contributed by atoms with van der Waals surface area (Å²) in [6.07, 6.45) is -4.75. The first-order valence-corrected chi connectivity index (χ1v) is 5.32. The predicted octanol–water partition coefficient (Wildman–Crippen LogP) is 2.98. The lowest BCUT2D eigenvalue weighted by Crippen LogP contribution is -2.36. The quantitative estimate of drug-likeness (QED) is 0.876. The van der Waals surface area contributed by atoms with Gasteiger partial charge < -0.3 is 10.4 Å². The van der Waals surface area contributed by atoms with Gasteiger partial charge in [0.15, 0.2) is 5.92 Å². The highest BCUT2D eigenvalue weighted by Crippen LogP contribution is 2.27. The van der Waals surface area contributed by atoms with E-state index in [0.29, 0.717) is 5.69 Å². The Morgan fingerprint density at radius 2 is 2.00 bits per heavy atom. The first-order chi connectivity index (χ1) is 8.21. The molecule has 1 unspecified atom stereocenters. The van der Waals surface area contributed by atoms with Crippen LogP contribution in [0.15, 0.2) is 18.2 Å². The Bertz CT molecular complexity index is 443.